The van der Waals surface area contributed by atoms with Crippen molar-refractivity contribution < 1.29 is 13.2 Å². The van der Waals surface area contributed by atoms with E-state index in [2.05, 4.69) is 16.1 Å². The first-order valence-electron chi connectivity index (χ1n) is 8.57. The predicted octanol–water partition coefficient (Wildman–Crippen LogP) is 1.86. The van der Waals surface area contributed by atoms with Crippen LogP contribution in [-0.2, 0) is 10.0 Å². The fraction of sp³-hybridized carbons (Fsp3) is 0.250. The maximum absolute atomic E-state index is 12.9. The Morgan fingerprint density at radius 2 is 1.78 bits per heavy atom. The number of terminal acetylenes is 1. The van der Waals surface area contributed by atoms with Crippen LogP contribution < -0.4 is 5.32 Å². The summed E-state index contributed by atoms with van der Waals surface area (Å²) in [5.41, 5.74) is 1.48. The number of likely N-dealkylation sites (N-methyl/N-ethyl adjacent to an activating group) is 1. The van der Waals surface area contributed by atoms with Crippen molar-refractivity contribution in [3.05, 3.63) is 59.7 Å². The van der Waals surface area contributed by atoms with Crippen LogP contribution in [0, 0.1) is 12.3 Å². The van der Waals surface area contributed by atoms with Gasteiger partial charge in [0, 0.05) is 43.0 Å². The van der Waals surface area contributed by atoms with E-state index in [0.29, 0.717) is 37.4 Å². The summed E-state index contributed by atoms with van der Waals surface area (Å²) in [4.78, 5) is 14.7. The Kier molecular flexibility index (Phi) is 5.61. The van der Waals surface area contributed by atoms with Crippen LogP contribution in [0.15, 0.2) is 53.4 Å². The molecule has 1 saturated heterocycles. The average molecular weight is 383 g/mol. The number of anilines is 1. The van der Waals surface area contributed by atoms with Crippen molar-refractivity contribution in [3.63, 3.8) is 0 Å². The topological polar surface area (TPSA) is 69.7 Å². The number of amides is 1. The summed E-state index contributed by atoms with van der Waals surface area (Å²) in [6, 6.07) is 13.0. The van der Waals surface area contributed by atoms with E-state index in [1.807, 2.05) is 7.05 Å². The molecule has 1 N–H and O–H groups in total. The molecular weight excluding hydrogens is 362 g/mol. The van der Waals surface area contributed by atoms with Gasteiger partial charge in [-0.05, 0) is 43.4 Å². The van der Waals surface area contributed by atoms with Gasteiger partial charge in [-0.25, -0.2) is 8.42 Å². The number of nitrogens with one attached hydrogen (secondary N) is 1. The summed E-state index contributed by atoms with van der Waals surface area (Å²) in [5.74, 6) is 2.12. The van der Waals surface area contributed by atoms with Crippen LogP contribution in [0.5, 0.6) is 0 Å². The zero-order valence-corrected chi connectivity index (χ0v) is 15.9. The highest BCUT2D eigenvalue weighted by Crippen LogP contribution is 2.19. The molecule has 1 heterocycles. The Balaban J connectivity index is 1.80. The number of hydrogen-bond acceptors (Lipinski definition) is 4. The molecule has 0 saturated carbocycles. The van der Waals surface area contributed by atoms with E-state index < -0.39 is 10.0 Å². The van der Waals surface area contributed by atoms with E-state index >= 15 is 0 Å². The Labute approximate surface area is 159 Å². The third kappa shape index (κ3) is 4.37. The molecule has 1 aliphatic rings. The van der Waals surface area contributed by atoms with Crippen molar-refractivity contribution in [3.8, 4) is 12.3 Å². The molecule has 0 radical (unpaired) electrons. The minimum atomic E-state index is -3.62. The summed E-state index contributed by atoms with van der Waals surface area (Å²) in [6.07, 6.45) is 5.37. The lowest BCUT2D eigenvalue weighted by molar-refractivity contribution is 0.102. The fourth-order valence-corrected chi connectivity index (χ4v) is 4.33. The van der Waals surface area contributed by atoms with Gasteiger partial charge >= 0.3 is 0 Å². The number of rotatable bonds is 4. The minimum Gasteiger partial charge on any atom is -0.322 e. The molecule has 0 atom stereocenters. The molecule has 27 heavy (non-hydrogen) atoms. The molecule has 0 bridgehead atoms. The van der Waals surface area contributed by atoms with Crippen molar-refractivity contribution in [1.29, 1.82) is 0 Å². The van der Waals surface area contributed by atoms with Gasteiger partial charge in [-0.3, -0.25) is 4.79 Å². The summed E-state index contributed by atoms with van der Waals surface area (Å²) < 4.78 is 27.2. The fourth-order valence-electron chi connectivity index (χ4n) is 2.87. The van der Waals surface area contributed by atoms with Crippen molar-refractivity contribution in [1.82, 2.24) is 9.21 Å². The molecule has 7 heteroatoms. The van der Waals surface area contributed by atoms with Crippen LogP contribution in [0.1, 0.15) is 15.9 Å². The van der Waals surface area contributed by atoms with Crippen LogP contribution >= 0.6 is 0 Å². The third-order valence-corrected chi connectivity index (χ3v) is 6.38. The van der Waals surface area contributed by atoms with Crippen molar-refractivity contribution in [2.75, 3.05) is 38.5 Å². The predicted molar refractivity (Wildman–Crippen MR) is 105 cm³/mol. The molecule has 0 aliphatic carbocycles. The van der Waals surface area contributed by atoms with E-state index in [9.17, 15) is 13.2 Å². The summed E-state index contributed by atoms with van der Waals surface area (Å²) in [6.45, 7) is 2.25. The van der Waals surface area contributed by atoms with Crippen molar-refractivity contribution >= 4 is 21.6 Å². The Morgan fingerprint density at radius 1 is 1.07 bits per heavy atom. The van der Waals surface area contributed by atoms with Gasteiger partial charge in [0.15, 0.2) is 0 Å². The Morgan fingerprint density at radius 3 is 2.48 bits per heavy atom. The first-order valence-corrected chi connectivity index (χ1v) is 10.0. The van der Waals surface area contributed by atoms with Gasteiger partial charge in [0.1, 0.15) is 0 Å². The number of nitrogens with zero attached hydrogens (tertiary/aromatic N) is 2. The second-order valence-corrected chi connectivity index (χ2v) is 8.35. The second-order valence-electron chi connectivity index (χ2n) is 6.41. The molecule has 0 aromatic heterocycles. The van der Waals surface area contributed by atoms with Crippen LogP contribution in [0.25, 0.3) is 0 Å². The molecule has 140 valence electrons. The number of benzene rings is 2. The largest absolute Gasteiger partial charge is 0.322 e. The van der Waals surface area contributed by atoms with E-state index in [1.54, 1.807) is 36.4 Å². The molecule has 0 unspecified atom stereocenters. The van der Waals surface area contributed by atoms with Crippen molar-refractivity contribution in [2.45, 2.75) is 4.90 Å². The molecule has 2 aromatic carbocycles. The maximum atomic E-state index is 12.9. The first-order chi connectivity index (χ1) is 12.9. The molecular formula is C20H21N3O3S. The van der Waals surface area contributed by atoms with Gasteiger partial charge in [0.2, 0.25) is 10.0 Å². The van der Waals surface area contributed by atoms with E-state index in [4.69, 9.17) is 6.42 Å². The molecule has 1 amide bonds. The third-order valence-electron chi connectivity index (χ3n) is 4.48. The first kappa shape index (κ1) is 19.1. The van der Waals surface area contributed by atoms with Gasteiger partial charge < -0.3 is 10.2 Å². The molecule has 2 aromatic rings. The zero-order chi connectivity index (χ0) is 19.4. The summed E-state index contributed by atoms with van der Waals surface area (Å²) in [5, 5.41) is 2.75. The molecule has 6 nitrogen and oxygen atoms in total. The van der Waals surface area contributed by atoms with E-state index in [-0.39, 0.29) is 16.4 Å². The number of hydrogen-bond donors (Lipinski definition) is 1. The van der Waals surface area contributed by atoms with Crippen LogP contribution in [-0.4, -0.2) is 56.8 Å². The van der Waals surface area contributed by atoms with E-state index in [0.717, 1.165) is 0 Å². The monoisotopic (exact) mass is 383 g/mol. The quantitative estimate of drug-likeness (QED) is 0.819. The smallest absolute Gasteiger partial charge is 0.255 e. The van der Waals surface area contributed by atoms with Crippen LogP contribution in [0.3, 0.4) is 0 Å². The normalized spacial score (nSPS) is 15.9. The van der Waals surface area contributed by atoms with Gasteiger partial charge in [-0.15, -0.1) is 6.42 Å². The molecule has 1 fully saturated rings. The SMILES string of the molecule is C#Cc1cccc(NC(=O)c2cccc(S(=O)(=O)N3CCN(C)CC3)c2)c1. The Bertz CT molecular complexity index is 988. The number of piperazine rings is 1. The standard InChI is InChI=1S/C20H21N3O3S/c1-3-16-6-4-8-18(14-16)21-20(24)17-7-5-9-19(15-17)27(25,26)23-12-10-22(2)11-13-23/h1,4-9,14-15H,10-13H2,2H3,(H,21,24). The van der Waals surface area contributed by atoms with E-state index in [1.165, 1.54) is 16.4 Å². The van der Waals surface area contributed by atoms with Crippen LogP contribution in [0.4, 0.5) is 5.69 Å². The lowest BCUT2D eigenvalue weighted by Gasteiger charge is -2.31. The Hall–Kier alpha value is -2.66. The number of carbonyl (C=O) groups is 1. The zero-order valence-electron chi connectivity index (χ0n) is 15.1. The number of sulfonamides is 1. The van der Waals surface area contributed by atoms with Gasteiger partial charge in [0.25, 0.3) is 5.91 Å². The molecule has 1 aliphatic heterocycles. The highest BCUT2D eigenvalue weighted by Gasteiger charge is 2.27. The maximum Gasteiger partial charge on any atom is 0.255 e. The second kappa shape index (κ2) is 7.92. The lowest BCUT2D eigenvalue weighted by Crippen LogP contribution is -2.47. The van der Waals surface area contributed by atoms with Gasteiger partial charge in [-0.2, -0.15) is 4.31 Å². The average Bonchev–Trinajstić information content (AvgIpc) is 2.68. The lowest BCUT2D eigenvalue weighted by atomic mass is 10.2. The number of carbonyl (C=O) groups excluding carboxylic acids is 1. The summed E-state index contributed by atoms with van der Waals surface area (Å²) in [7, 11) is -1.66. The summed E-state index contributed by atoms with van der Waals surface area (Å²) >= 11 is 0. The van der Waals surface area contributed by atoms with Gasteiger partial charge in [0.05, 0.1) is 4.90 Å². The molecule has 3 rings (SSSR count). The van der Waals surface area contributed by atoms with Crippen molar-refractivity contribution in [2.24, 2.45) is 0 Å². The van der Waals surface area contributed by atoms with Gasteiger partial charge in [-0.1, -0.05) is 18.1 Å². The minimum absolute atomic E-state index is 0.122. The highest BCUT2D eigenvalue weighted by molar-refractivity contribution is 7.89. The highest BCUT2D eigenvalue weighted by atomic mass is 32.2. The molecule has 0 spiro atoms. The van der Waals surface area contributed by atoms with Crippen LogP contribution in [0.2, 0.25) is 0 Å².